The number of hydrogen-bond donors (Lipinski definition) is 2. The van der Waals surface area contributed by atoms with Crippen LogP contribution in [-0.4, -0.2) is 86.6 Å². The van der Waals surface area contributed by atoms with Gasteiger partial charge in [-0.1, -0.05) is 48.5 Å². The van der Waals surface area contributed by atoms with Crippen LogP contribution in [0.25, 0.3) is 11.1 Å². The number of benzene rings is 2. The molecule has 47 heavy (non-hydrogen) atoms. The zero-order valence-electron chi connectivity index (χ0n) is 26.5. The topological polar surface area (TPSA) is 182 Å². The second kappa shape index (κ2) is 15.3. The van der Waals surface area contributed by atoms with Crippen molar-refractivity contribution in [1.82, 2.24) is 10.6 Å². The highest BCUT2D eigenvalue weighted by Crippen LogP contribution is 2.44. The van der Waals surface area contributed by atoms with Gasteiger partial charge in [0, 0.05) is 33.6 Å². The highest BCUT2D eigenvalue weighted by Gasteiger charge is 2.48. The summed E-state index contributed by atoms with van der Waals surface area (Å²) in [6.45, 7) is 3.88. The van der Waals surface area contributed by atoms with Crippen molar-refractivity contribution in [3.05, 3.63) is 71.5 Å². The van der Waals surface area contributed by atoms with E-state index in [1.807, 2.05) is 48.5 Å². The van der Waals surface area contributed by atoms with Crippen LogP contribution in [-0.2, 0) is 52.4 Å². The van der Waals surface area contributed by atoms with Crippen LogP contribution in [0.3, 0.4) is 0 Å². The van der Waals surface area contributed by atoms with Crippen LogP contribution >= 0.6 is 0 Å². The van der Waals surface area contributed by atoms with Crippen LogP contribution in [0.5, 0.6) is 0 Å². The summed E-state index contributed by atoms with van der Waals surface area (Å²) in [5, 5.41) is 5.29. The SMILES string of the molecule is COC(=O)C1=C[C@@H](NC(=O)OCC2c3ccccc3-c3ccccc32)[C@@H](NC(C)=O)[C@H]([C@@H](OC(C)=O)[C@@H](COC(C)=O)OC(C)=O)O1. The standard InChI is InChI=1S/C33H36N2O12/c1-17(36)34-29-26(35-33(41)44-15-25-23-12-8-6-10-21(23)22-11-7-9-13-24(22)25)14-27(32(40)42-5)47-31(29)30(46-20(4)39)28(45-19(3)38)16-43-18(2)37/h6-14,25-26,28-31H,15-16H2,1-5H3,(H,34,36)(H,35,41)/t26-,28-,29-,30+,31-/m1/s1. The summed E-state index contributed by atoms with van der Waals surface area (Å²) in [5.41, 5.74) is 4.05. The Bertz CT molecular complexity index is 1520. The van der Waals surface area contributed by atoms with E-state index in [2.05, 4.69) is 10.6 Å². The Kier molecular flexibility index (Phi) is 11.2. The van der Waals surface area contributed by atoms with Gasteiger partial charge in [-0.2, -0.15) is 0 Å². The number of fused-ring (bicyclic) bond motifs is 3. The quantitative estimate of drug-likeness (QED) is 0.267. The summed E-state index contributed by atoms with van der Waals surface area (Å²) < 4.78 is 32.3. The molecular weight excluding hydrogens is 616 g/mol. The average molecular weight is 653 g/mol. The van der Waals surface area contributed by atoms with Gasteiger partial charge in [0.1, 0.15) is 13.2 Å². The van der Waals surface area contributed by atoms with Crippen molar-refractivity contribution in [2.75, 3.05) is 20.3 Å². The van der Waals surface area contributed by atoms with E-state index in [9.17, 15) is 28.8 Å². The van der Waals surface area contributed by atoms with Gasteiger partial charge >= 0.3 is 30.0 Å². The first-order valence-electron chi connectivity index (χ1n) is 14.7. The maximum atomic E-state index is 13.3. The van der Waals surface area contributed by atoms with E-state index >= 15 is 0 Å². The van der Waals surface area contributed by atoms with Crippen LogP contribution < -0.4 is 10.6 Å². The van der Waals surface area contributed by atoms with Crippen LogP contribution in [0, 0.1) is 0 Å². The summed E-state index contributed by atoms with van der Waals surface area (Å²) in [6.07, 6.45) is -4.18. The highest BCUT2D eigenvalue weighted by molar-refractivity contribution is 5.87. The molecule has 2 N–H and O–H groups in total. The lowest BCUT2D eigenvalue weighted by Gasteiger charge is -2.41. The minimum absolute atomic E-state index is 0.0299. The number of alkyl carbamates (subject to hydrolysis) is 1. The molecule has 0 saturated carbocycles. The monoisotopic (exact) mass is 652 g/mol. The Morgan fingerprint density at radius 1 is 0.787 bits per heavy atom. The molecule has 0 unspecified atom stereocenters. The lowest BCUT2D eigenvalue weighted by molar-refractivity contribution is -0.188. The van der Waals surface area contributed by atoms with Crippen molar-refractivity contribution in [1.29, 1.82) is 0 Å². The molecule has 14 heteroatoms. The maximum Gasteiger partial charge on any atom is 0.407 e. The van der Waals surface area contributed by atoms with E-state index in [1.165, 1.54) is 13.0 Å². The number of hydrogen-bond acceptors (Lipinski definition) is 12. The molecule has 0 fully saturated rings. The number of methoxy groups -OCH3 is 1. The van der Waals surface area contributed by atoms with Crippen LogP contribution in [0.15, 0.2) is 60.4 Å². The van der Waals surface area contributed by atoms with Gasteiger partial charge in [0.15, 0.2) is 18.3 Å². The Hall–Kier alpha value is -5.40. The largest absolute Gasteiger partial charge is 0.477 e. The predicted octanol–water partition coefficient (Wildman–Crippen LogP) is 2.28. The van der Waals surface area contributed by atoms with Gasteiger partial charge in [-0.25, -0.2) is 9.59 Å². The van der Waals surface area contributed by atoms with Crippen molar-refractivity contribution >= 4 is 35.9 Å². The fraction of sp³-hybridized carbons (Fsp3) is 0.394. The average Bonchev–Trinajstić information content (AvgIpc) is 3.34. The molecule has 1 aliphatic heterocycles. The molecule has 250 valence electrons. The molecule has 1 heterocycles. The first kappa shape index (κ1) is 34.5. The molecule has 2 amide bonds. The Morgan fingerprint density at radius 2 is 1.38 bits per heavy atom. The van der Waals surface area contributed by atoms with Crippen LogP contribution in [0.4, 0.5) is 4.79 Å². The molecule has 0 aromatic heterocycles. The Morgan fingerprint density at radius 3 is 1.91 bits per heavy atom. The van der Waals surface area contributed by atoms with Crippen molar-refractivity contribution in [3.63, 3.8) is 0 Å². The molecule has 1 aliphatic carbocycles. The van der Waals surface area contributed by atoms with Crippen LogP contribution in [0.2, 0.25) is 0 Å². The third kappa shape index (κ3) is 8.45. The number of nitrogens with one attached hydrogen (secondary N) is 2. The zero-order chi connectivity index (χ0) is 34.2. The number of carbonyl (C=O) groups excluding carboxylic acids is 6. The number of esters is 4. The number of rotatable bonds is 11. The first-order valence-corrected chi connectivity index (χ1v) is 14.7. The fourth-order valence-corrected chi connectivity index (χ4v) is 5.69. The van der Waals surface area contributed by atoms with Gasteiger partial charge in [0.05, 0.1) is 19.2 Å². The highest BCUT2D eigenvalue weighted by atomic mass is 16.6. The second-order valence-corrected chi connectivity index (χ2v) is 10.9. The molecule has 2 aliphatic rings. The third-order valence-electron chi connectivity index (χ3n) is 7.48. The van der Waals surface area contributed by atoms with E-state index in [4.69, 9.17) is 28.4 Å². The first-order chi connectivity index (χ1) is 22.4. The van der Waals surface area contributed by atoms with E-state index in [0.29, 0.717) is 0 Å². The number of amides is 2. The Labute approximate surface area is 270 Å². The molecule has 4 rings (SSSR count). The molecule has 0 radical (unpaired) electrons. The summed E-state index contributed by atoms with van der Waals surface area (Å²) in [7, 11) is 1.10. The van der Waals surface area contributed by atoms with Gasteiger partial charge in [0.2, 0.25) is 11.7 Å². The molecule has 0 spiro atoms. The molecule has 2 aromatic carbocycles. The van der Waals surface area contributed by atoms with Crippen molar-refractivity contribution in [3.8, 4) is 11.1 Å². The van der Waals surface area contributed by atoms with E-state index in [0.717, 1.165) is 50.1 Å². The molecular formula is C33H36N2O12. The molecule has 2 aromatic rings. The third-order valence-corrected chi connectivity index (χ3v) is 7.48. The van der Waals surface area contributed by atoms with E-state index in [1.54, 1.807) is 0 Å². The number of ether oxygens (including phenoxy) is 6. The summed E-state index contributed by atoms with van der Waals surface area (Å²) in [5.74, 6) is -4.59. The van der Waals surface area contributed by atoms with Gasteiger partial charge in [-0.3, -0.25) is 19.2 Å². The maximum absolute atomic E-state index is 13.3. The van der Waals surface area contributed by atoms with Crippen molar-refractivity contribution in [2.24, 2.45) is 0 Å². The van der Waals surface area contributed by atoms with Gasteiger partial charge in [-0.05, 0) is 28.3 Å². The Balaban J connectivity index is 1.64. The van der Waals surface area contributed by atoms with Crippen molar-refractivity contribution < 1.29 is 57.2 Å². The van der Waals surface area contributed by atoms with Crippen molar-refractivity contribution in [2.45, 2.75) is 64.0 Å². The second-order valence-electron chi connectivity index (χ2n) is 10.9. The van der Waals surface area contributed by atoms with Gasteiger partial charge < -0.3 is 39.1 Å². The van der Waals surface area contributed by atoms with E-state index in [-0.39, 0.29) is 12.5 Å². The number of carbonyl (C=O) groups is 6. The lowest BCUT2D eigenvalue weighted by Crippen LogP contribution is -2.64. The zero-order valence-corrected chi connectivity index (χ0v) is 26.5. The molecule has 0 saturated heterocycles. The normalized spacial score (nSPS) is 19.3. The van der Waals surface area contributed by atoms with E-state index < -0.39 is 78.6 Å². The summed E-state index contributed by atoms with van der Waals surface area (Å²) in [6, 6.07) is 13.2. The smallest absolute Gasteiger partial charge is 0.407 e. The minimum atomic E-state index is -1.56. The summed E-state index contributed by atoms with van der Waals surface area (Å²) >= 11 is 0. The predicted molar refractivity (Wildman–Crippen MR) is 162 cm³/mol. The minimum Gasteiger partial charge on any atom is -0.477 e. The van der Waals surface area contributed by atoms with Gasteiger partial charge in [0.25, 0.3) is 0 Å². The summed E-state index contributed by atoms with van der Waals surface area (Å²) in [4.78, 5) is 74.4. The fourth-order valence-electron chi connectivity index (χ4n) is 5.69. The van der Waals surface area contributed by atoms with Gasteiger partial charge in [-0.15, -0.1) is 0 Å². The lowest BCUT2D eigenvalue weighted by atomic mass is 9.91. The van der Waals surface area contributed by atoms with Crippen LogP contribution in [0.1, 0.15) is 44.7 Å². The molecule has 14 nitrogen and oxygen atoms in total. The molecule has 5 atom stereocenters. The molecule has 0 bridgehead atoms.